The van der Waals surface area contributed by atoms with Gasteiger partial charge in [0.2, 0.25) is 0 Å². The van der Waals surface area contributed by atoms with Crippen molar-refractivity contribution in [2.75, 3.05) is 18.1 Å². The number of rotatable bonds is 8. The lowest BCUT2D eigenvalue weighted by molar-refractivity contribution is 0.0601. The highest BCUT2D eigenvalue weighted by Crippen LogP contribution is 2.37. The maximum atomic E-state index is 11.5. The van der Waals surface area contributed by atoms with E-state index in [2.05, 4.69) is 24.5 Å². The largest absolute Gasteiger partial charge is 0.494 e. The van der Waals surface area contributed by atoms with Crippen LogP contribution < -0.4 is 14.6 Å². The van der Waals surface area contributed by atoms with E-state index in [1.165, 1.54) is 20.0 Å². The van der Waals surface area contributed by atoms with Crippen LogP contribution in [0.4, 0.5) is 5.69 Å². The van der Waals surface area contributed by atoms with E-state index >= 15 is 0 Å². The Bertz CT molecular complexity index is 788. The quantitative estimate of drug-likeness (QED) is 0.392. The molecule has 0 bridgehead atoms. The maximum absolute atomic E-state index is 11.5. The number of carbonyl (C=O) groups excluding carboxylic acids is 1. The minimum atomic E-state index is -0.334. The molecule has 1 aliphatic rings. The Morgan fingerprint density at radius 3 is 2.48 bits per heavy atom. The van der Waals surface area contributed by atoms with Crippen molar-refractivity contribution in [1.82, 2.24) is 5.43 Å². The fourth-order valence-corrected chi connectivity index (χ4v) is 3.52. The summed E-state index contributed by atoms with van der Waals surface area (Å²) in [5.41, 5.74) is 5.85. The molecule has 0 spiro atoms. The van der Waals surface area contributed by atoms with Crippen LogP contribution in [0.15, 0.2) is 54.7 Å². The van der Waals surface area contributed by atoms with Gasteiger partial charge in [0.25, 0.3) is 0 Å². The summed E-state index contributed by atoms with van der Waals surface area (Å²) >= 11 is 1.59. The highest BCUT2D eigenvalue weighted by Gasteiger charge is 2.18. The fourth-order valence-electron chi connectivity index (χ4n) is 2.64. The third-order valence-electron chi connectivity index (χ3n) is 4.18. The number of hydrogen-bond acceptors (Lipinski definition) is 6. The molecule has 3 rings (SSSR count). The van der Waals surface area contributed by atoms with Crippen molar-refractivity contribution in [2.45, 2.75) is 26.2 Å². The van der Waals surface area contributed by atoms with E-state index in [9.17, 15) is 4.79 Å². The Balaban J connectivity index is 1.56. The van der Waals surface area contributed by atoms with Crippen molar-refractivity contribution in [3.05, 3.63) is 65.9 Å². The second-order valence-corrected chi connectivity index (χ2v) is 7.13. The molecule has 0 amide bonds. The molecular formula is C21H24N2O3S. The summed E-state index contributed by atoms with van der Waals surface area (Å²) in [4.78, 5) is 12.6. The predicted octanol–water partition coefficient (Wildman–Crippen LogP) is 5.01. The minimum Gasteiger partial charge on any atom is -0.494 e. The second kappa shape index (κ2) is 9.37. The molecule has 1 heterocycles. The average molecular weight is 385 g/mol. The smallest absolute Gasteiger partial charge is 0.337 e. The maximum Gasteiger partial charge on any atom is 0.337 e. The van der Waals surface area contributed by atoms with Gasteiger partial charge in [-0.05, 0) is 48.4 Å². The van der Waals surface area contributed by atoms with Gasteiger partial charge in [0, 0.05) is 18.1 Å². The van der Waals surface area contributed by atoms with E-state index in [0.29, 0.717) is 5.56 Å². The summed E-state index contributed by atoms with van der Waals surface area (Å²) in [7, 11) is 1.38. The van der Waals surface area contributed by atoms with Crippen LogP contribution in [0.2, 0.25) is 0 Å². The zero-order chi connectivity index (χ0) is 19.1. The van der Waals surface area contributed by atoms with E-state index in [0.717, 1.165) is 34.9 Å². The summed E-state index contributed by atoms with van der Waals surface area (Å²) in [6.45, 7) is 2.95. The van der Waals surface area contributed by atoms with Crippen molar-refractivity contribution in [2.24, 2.45) is 0 Å². The van der Waals surface area contributed by atoms with Crippen LogP contribution in [0.5, 0.6) is 5.75 Å². The van der Waals surface area contributed by atoms with Gasteiger partial charge < -0.3 is 9.47 Å². The molecule has 142 valence electrons. The minimum absolute atomic E-state index is 0.334. The van der Waals surface area contributed by atoms with Crippen LogP contribution >= 0.6 is 11.9 Å². The van der Waals surface area contributed by atoms with Gasteiger partial charge in [-0.3, -0.25) is 5.43 Å². The fraction of sp³-hybridized carbons (Fsp3) is 0.286. The van der Waals surface area contributed by atoms with Crippen LogP contribution in [0.25, 0.3) is 4.91 Å². The first kappa shape index (κ1) is 19.2. The lowest BCUT2D eigenvalue weighted by Crippen LogP contribution is -2.22. The molecule has 0 saturated heterocycles. The molecule has 0 unspecified atom stereocenters. The normalized spacial score (nSPS) is 13.1. The number of benzene rings is 2. The van der Waals surface area contributed by atoms with Gasteiger partial charge in [-0.15, -0.1) is 0 Å². The number of nitrogens with one attached hydrogen (secondary N) is 1. The molecule has 1 aliphatic heterocycles. The number of nitrogens with zero attached hydrogens (tertiary/aromatic N) is 1. The number of ether oxygens (including phenoxy) is 2. The first-order chi connectivity index (χ1) is 13.2. The van der Waals surface area contributed by atoms with Crippen LogP contribution in [-0.2, 0) is 4.74 Å². The summed E-state index contributed by atoms with van der Waals surface area (Å²) in [5, 5.41) is 0. The van der Waals surface area contributed by atoms with Gasteiger partial charge in [-0.2, -0.15) is 0 Å². The van der Waals surface area contributed by atoms with Crippen molar-refractivity contribution in [1.29, 1.82) is 0 Å². The number of methoxy groups -OCH3 is 1. The number of unbranched alkanes of at least 4 members (excludes halogenated alkanes) is 2. The molecule has 0 radical (unpaired) electrons. The van der Waals surface area contributed by atoms with E-state index < -0.39 is 0 Å². The van der Waals surface area contributed by atoms with Gasteiger partial charge in [-0.25, -0.2) is 9.21 Å². The molecule has 0 atom stereocenters. The van der Waals surface area contributed by atoms with Crippen LogP contribution in [0.1, 0.15) is 42.1 Å². The summed E-state index contributed by atoms with van der Waals surface area (Å²) in [6.07, 6.45) is 5.45. The molecule has 0 aliphatic carbocycles. The Kier molecular flexibility index (Phi) is 6.65. The molecule has 27 heavy (non-hydrogen) atoms. The monoisotopic (exact) mass is 384 g/mol. The summed E-state index contributed by atoms with van der Waals surface area (Å²) in [6, 6.07) is 15.4. The van der Waals surface area contributed by atoms with Crippen LogP contribution in [0, 0.1) is 0 Å². The molecule has 2 aromatic carbocycles. The summed E-state index contributed by atoms with van der Waals surface area (Å²) < 4.78 is 12.4. The Morgan fingerprint density at radius 1 is 1.07 bits per heavy atom. The average Bonchev–Trinajstić information content (AvgIpc) is 3.21. The number of hydrogen-bond donors (Lipinski definition) is 1. The van der Waals surface area contributed by atoms with Gasteiger partial charge in [0.15, 0.2) is 0 Å². The molecule has 0 fully saturated rings. The number of hydrazine groups is 1. The Labute approximate surface area is 164 Å². The van der Waals surface area contributed by atoms with Crippen molar-refractivity contribution in [3.8, 4) is 5.75 Å². The Hall–Kier alpha value is -2.60. The standard InChI is InChI=1S/C21H24N2O3S/c1-3-4-5-14-26-19-12-8-16(9-13-19)20-15-22-23(27-20)18-10-6-17(7-11-18)21(24)25-2/h6-13,15,22H,3-5,14H2,1-2H3. The first-order valence-corrected chi connectivity index (χ1v) is 9.84. The number of esters is 1. The van der Waals surface area contributed by atoms with Crippen molar-refractivity contribution < 1.29 is 14.3 Å². The lowest BCUT2D eigenvalue weighted by atomic mass is 10.2. The van der Waals surface area contributed by atoms with Crippen LogP contribution in [-0.4, -0.2) is 19.7 Å². The zero-order valence-corrected chi connectivity index (χ0v) is 16.4. The SMILES string of the molecule is CCCCCOc1ccc(C2=CNN(c3ccc(C(=O)OC)cc3)S2)cc1. The Morgan fingerprint density at radius 2 is 1.81 bits per heavy atom. The molecule has 0 aromatic heterocycles. The third-order valence-corrected chi connectivity index (χ3v) is 5.23. The van der Waals surface area contributed by atoms with Crippen molar-refractivity contribution in [3.63, 3.8) is 0 Å². The van der Waals surface area contributed by atoms with Crippen LogP contribution in [0.3, 0.4) is 0 Å². The van der Waals surface area contributed by atoms with Gasteiger partial charge in [-0.1, -0.05) is 31.9 Å². The lowest BCUT2D eigenvalue weighted by Gasteiger charge is -2.17. The first-order valence-electron chi connectivity index (χ1n) is 9.07. The van der Waals surface area contributed by atoms with Gasteiger partial charge in [0.1, 0.15) is 5.75 Å². The van der Waals surface area contributed by atoms with E-state index in [-0.39, 0.29) is 5.97 Å². The van der Waals surface area contributed by atoms with Gasteiger partial charge >= 0.3 is 5.97 Å². The molecule has 1 N–H and O–H groups in total. The predicted molar refractivity (Wildman–Crippen MR) is 110 cm³/mol. The highest BCUT2D eigenvalue weighted by atomic mass is 32.2. The zero-order valence-electron chi connectivity index (χ0n) is 15.6. The third kappa shape index (κ3) is 4.98. The topological polar surface area (TPSA) is 50.8 Å². The van der Waals surface area contributed by atoms with E-state index in [1.54, 1.807) is 24.1 Å². The molecule has 6 heteroatoms. The van der Waals surface area contributed by atoms with Gasteiger partial charge in [0.05, 0.1) is 29.9 Å². The molecule has 2 aromatic rings. The number of carbonyl (C=O) groups is 1. The molecule has 0 saturated carbocycles. The van der Waals surface area contributed by atoms with Crippen molar-refractivity contribution >= 4 is 28.5 Å². The molecular weight excluding hydrogens is 360 g/mol. The van der Waals surface area contributed by atoms with E-state index in [4.69, 9.17) is 9.47 Å². The van der Waals surface area contributed by atoms with E-state index in [1.807, 2.05) is 34.9 Å². The molecule has 5 nitrogen and oxygen atoms in total. The second-order valence-electron chi connectivity index (χ2n) is 6.14. The highest BCUT2D eigenvalue weighted by molar-refractivity contribution is 8.09. The number of anilines is 1. The summed E-state index contributed by atoms with van der Waals surface area (Å²) in [5.74, 6) is 0.570.